The molecule has 0 spiro atoms. The van der Waals surface area contributed by atoms with Crippen LogP contribution in [0.3, 0.4) is 0 Å². The van der Waals surface area contributed by atoms with Crippen LogP contribution in [0, 0.1) is 0 Å². The van der Waals surface area contributed by atoms with Crippen molar-refractivity contribution in [2.75, 3.05) is 17.4 Å². The second kappa shape index (κ2) is 8.47. The molecule has 3 aromatic rings. The van der Waals surface area contributed by atoms with Gasteiger partial charge in [0, 0.05) is 23.7 Å². The van der Waals surface area contributed by atoms with Crippen molar-refractivity contribution in [2.24, 2.45) is 0 Å². The second-order valence-electron chi connectivity index (χ2n) is 6.13. The van der Waals surface area contributed by atoms with Gasteiger partial charge in [-0.1, -0.05) is 32.0 Å². The van der Waals surface area contributed by atoms with Crippen LogP contribution in [-0.4, -0.2) is 36.8 Å². The number of pyridine rings is 1. The quantitative estimate of drug-likeness (QED) is 0.628. The number of phenolic OH excluding ortho intramolecular Hbond substituents is 1. The first-order valence-electron chi connectivity index (χ1n) is 8.82. The average Bonchev–Trinajstić information content (AvgIpc) is 2.68. The van der Waals surface area contributed by atoms with E-state index in [1.165, 1.54) is 10.4 Å². The van der Waals surface area contributed by atoms with Gasteiger partial charge in [-0.25, -0.2) is 0 Å². The first kappa shape index (κ1) is 19.3. The van der Waals surface area contributed by atoms with Crippen LogP contribution in [0.15, 0.2) is 54.7 Å². The summed E-state index contributed by atoms with van der Waals surface area (Å²) >= 11 is -2.53. The fourth-order valence-electron chi connectivity index (χ4n) is 3.08. The SMILES string of the molecule is CCN(CC)Cc1cc(N(c2ccnc3ccccc23)S(=O)[O-])ccc1O. The van der Waals surface area contributed by atoms with Crippen LogP contribution in [0.1, 0.15) is 19.4 Å². The molecule has 142 valence electrons. The molecule has 1 heterocycles. The standard InChI is InChI=1S/C20H23N3O3S/c1-3-22(4-2)14-15-13-16(9-10-20(15)24)23(27(25)26)19-11-12-21-18-8-6-5-7-17(18)19/h5-13,24H,3-4,14H2,1-2H3,(H,25,26)/p-1. The van der Waals surface area contributed by atoms with Gasteiger partial charge in [0.2, 0.25) is 0 Å². The van der Waals surface area contributed by atoms with E-state index in [2.05, 4.69) is 9.88 Å². The number of hydrogen-bond acceptors (Lipinski definition) is 5. The Hall–Kier alpha value is -2.48. The number of aromatic nitrogens is 1. The van der Waals surface area contributed by atoms with Crippen LogP contribution < -0.4 is 4.31 Å². The molecule has 0 amide bonds. The largest absolute Gasteiger partial charge is 0.755 e. The number of benzene rings is 2. The van der Waals surface area contributed by atoms with E-state index in [1.807, 2.05) is 38.1 Å². The molecular formula is C20H22N3O3S-. The lowest BCUT2D eigenvalue weighted by atomic mass is 10.1. The lowest BCUT2D eigenvalue weighted by molar-refractivity contribution is 0.291. The van der Waals surface area contributed by atoms with Gasteiger partial charge in [0.15, 0.2) is 0 Å². The Kier molecular flexibility index (Phi) is 6.05. The molecule has 1 atom stereocenters. The van der Waals surface area contributed by atoms with Crippen LogP contribution in [0.4, 0.5) is 11.4 Å². The van der Waals surface area contributed by atoms with E-state index in [-0.39, 0.29) is 5.75 Å². The van der Waals surface area contributed by atoms with Crippen LogP contribution in [0.25, 0.3) is 10.9 Å². The molecule has 6 nitrogen and oxygen atoms in total. The topological polar surface area (TPSA) is 79.7 Å². The number of nitrogens with zero attached hydrogens (tertiary/aromatic N) is 3. The molecule has 0 aliphatic carbocycles. The van der Waals surface area contributed by atoms with E-state index in [0.29, 0.717) is 29.0 Å². The summed E-state index contributed by atoms with van der Waals surface area (Å²) in [5.74, 6) is 0.155. The summed E-state index contributed by atoms with van der Waals surface area (Å²) in [6.07, 6.45) is 1.59. The molecule has 27 heavy (non-hydrogen) atoms. The Bertz CT molecular complexity index is 955. The van der Waals surface area contributed by atoms with Crippen molar-refractivity contribution >= 4 is 33.5 Å². The fourth-order valence-corrected chi connectivity index (χ4v) is 3.68. The molecule has 3 rings (SSSR count). The van der Waals surface area contributed by atoms with Gasteiger partial charge in [0.05, 0.1) is 28.2 Å². The van der Waals surface area contributed by atoms with Gasteiger partial charge in [-0.15, -0.1) is 0 Å². The smallest absolute Gasteiger partial charge is 0.120 e. The maximum Gasteiger partial charge on any atom is 0.120 e. The minimum atomic E-state index is -2.53. The molecule has 1 unspecified atom stereocenters. The van der Waals surface area contributed by atoms with Gasteiger partial charge in [0.25, 0.3) is 0 Å². The highest BCUT2D eigenvalue weighted by Crippen LogP contribution is 2.34. The minimum absolute atomic E-state index is 0.155. The number of fused-ring (bicyclic) bond motifs is 1. The maximum atomic E-state index is 12.1. The fraction of sp³-hybridized carbons (Fsp3) is 0.250. The van der Waals surface area contributed by atoms with Crippen molar-refractivity contribution in [1.29, 1.82) is 0 Å². The van der Waals surface area contributed by atoms with Crippen LogP contribution in [0.2, 0.25) is 0 Å². The molecular weight excluding hydrogens is 362 g/mol. The summed E-state index contributed by atoms with van der Waals surface area (Å²) in [5, 5.41) is 11.0. The highest BCUT2D eigenvalue weighted by Gasteiger charge is 2.16. The van der Waals surface area contributed by atoms with Gasteiger partial charge >= 0.3 is 0 Å². The van der Waals surface area contributed by atoms with E-state index in [4.69, 9.17) is 0 Å². The number of aromatic hydroxyl groups is 1. The van der Waals surface area contributed by atoms with Gasteiger partial charge in [0.1, 0.15) is 5.75 Å². The van der Waals surface area contributed by atoms with Crippen molar-refractivity contribution in [3.63, 3.8) is 0 Å². The normalized spacial score (nSPS) is 12.4. The Morgan fingerprint density at radius 1 is 1.11 bits per heavy atom. The summed E-state index contributed by atoms with van der Waals surface area (Å²) < 4.78 is 25.4. The third kappa shape index (κ3) is 4.10. The molecule has 0 saturated carbocycles. The van der Waals surface area contributed by atoms with E-state index in [0.717, 1.165) is 18.5 Å². The van der Waals surface area contributed by atoms with Crippen molar-refractivity contribution in [3.05, 3.63) is 60.3 Å². The molecule has 2 aromatic carbocycles. The van der Waals surface area contributed by atoms with Crippen molar-refractivity contribution in [1.82, 2.24) is 9.88 Å². The Morgan fingerprint density at radius 2 is 1.85 bits per heavy atom. The highest BCUT2D eigenvalue weighted by molar-refractivity contribution is 7.81. The van der Waals surface area contributed by atoms with Gasteiger partial charge in [-0.3, -0.25) is 18.4 Å². The lowest BCUT2D eigenvalue weighted by Crippen LogP contribution is -2.23. The summed E-state index contributed by atoms with van der Waals surface area (Å²) in [6, 6.07) is 13.9. The van der Waals surface area contributed by atoms with Crippen molar-refractivity contribution < 1.29 is 13.9 Å². The Balaban J connectivity index is 2.09. The first-order chi connectivity index (χ1) is 13.0. The Morgan fingerprint density at radius 3 is 2.56 bits per heavy atom. The zero-order valence-corrected chi connectivity index (χ0v) is 16.1. The predicted octanol–water partition coefficient (Wildman–Crippen LogP) is 3.71. The summed E-state index contributed by atoms with van der Waals surface area (Å²) in [5.41, 5.74) is 2.39. The summed E-state index contributed by atoms with van der Waals surface area (Å²) in [4.78, 5) is 6.45. The summed E-state index contributed by atoms with van der Waals surface area (Å²) in [6.45, 7) is 6.32. The van der Waals surface area contributed by atoms with E-state index in [9.17, 15) is 13.9 Å². The number of para-hydroxylation sites is 1. The molecule has 7 heteroatoms. The summed E-state index contributed by atoms with van der Waals surface area (Å²) in [7, 11) is 0. The average molecular weight is 384 g/mol. The Labute approximate surface area is 161 Å². The molecule has 0 fully saturated rings. The lowest BCUT2D eigenvalue weighted by Gasteiger charge is -2.28. The third-order valence-corrected chi connectivity index (χ3v) is 5.29. The first-order valence-corrected chi connectivity index (χ1v) is 9.85. The van der Waals surface area contributed by atoms with Crippen LogP contribution in [0.5, 0.6) is 5.75 Å². The van der Waals surface area contributed by atoms with Gasteiger partial charge in [-0.2, -0.15) is 0 Å². The zero-order valence-electron chi connectivity index (χ0n) is 15.3. The molecule has 0 radical (unpaired) electrons. The van der Waals surface area contributed by atoms with E-state index in [1.54, 1.807) is 24.4 Å². The zero-order chi connectivity index (χ0) is 19.4. The monoisotopic (exact) mass is 384 g/mol. The van der Waals surface area contributed by atoms with Crippen molar-refractivity contribution in [3.8, 4) is 5.75 Å². The number of hydrogen-bond donors (Lipinski definition) is 1. The highest BCUT2D eigenvalue weighted by atomic mass is 32.2. The predicted molar refractivity (Wildman–Crippen MR) is 108 cm³/mol. The number of phenols is 1. The van der Waals surface area contributed by atoms with Crippen LogP contribution >= 0.6 is 0 Å². The van der Waals surface area contributed by atoms with Gasteiger partial charge in [-0.05, 0) is 43.4 Å². The number of rotatable bonds is 7. The molecule has 0 saturated heterocycles. The van der Waals surface area contributed by atoms with E-state index >= 15 is 0 Å². The van der Waals surface area contributed by atoms with Crippen LogP contribution in [-0.2, 0) is 17.8 Å². The molecule has 0 aliphatic heterocycles. The minimum Gasteiger partial charge on any atom is -0.755 e. The van der Waals surface area contributed by atoms with Crippen molar-refractivity contribution in [2.45, 2.75) is 20.4 Å². The second-order valence-corrected chi connectivity index (χ2v) is 6.93. The maximum absolute atomic E-state index is 12.1. The molecule has 0 aliphatic rings. The number of anilines is 2. The third-order valence-electron chi connectivity index (χ3n) is 4.58. The molecule has 1 N–H and O–H groups in total. The van der Waals surface area contributed by atoms with E-state index < -0.39 is 11.3 Å². The van der Waals surface area contributed by atoms with Gasteiger partial charge < -0.3 is 9.66 Å². The molecule has 1 aromatic heterocycles. The molecule has 0 bridgehead atoms.